The molecule has 0 saturated carbocycles. The van der Waals surface area contributed by atoms with Crippen LogP contribution in [0.2, 0.25) is 5.02 Å². The van der Waals surface area contributed by atoms with E-state index in [-0.39, 0.29) is 22.7 Å². The van der Waals surface area contributed by atoms with Crippen LogP contribution in [0.15, 0.2) is 72.8 Å². The van der Waals surface area contributed by atoms with Gasteiger partial charge in [-0.3, -0.25) is 24.0 Å². The maximum atomic E-state index is 12.5. The molecule has 1 unspecified atom stereocenters. The lowest BCUT2D eigenvalue weighted by molar-refractivity contribution is -0.384. The van der Waals surface area contributed by atoms with Gasteiger partial charge in [-0.2, -0.15) is 0 Å². The molecule has 1 atom stereocenters. The first-order valence-corrected chi connectivity index (χ1v) is 10.1. The summed E-state index contributed by atoms with van der Waals surface area (Å²) in [6, 6.07) is 19.6. The molecule has 0 aliphatic heterocycles. The van der Waals surface area contributed by atoms with Gasteiger partial charge in [0.25, 0.3) is 11.6 Å². The van der Waals surface area contributed by atoms with Crippen molar-refractivity contribution >= 4 is 48.1 Å². The maximum absolute atomic E-state index is 12.5. The van der Waals surface area contributed by atoms with Gasteiger partial charge in [-0.1, -0.05) is 66.9 Å². The normalized spacial score (nSPS) is 12.5. The number of halogens is 1. The van der Waals surface area contributed by atoms with Crippen LogP contribution in [0.25, 0.3) is 0 Å². The Morgan fingerprint density at radius 2 is 1.81 bits per heavy atom. The highest BCUT2D eigenvalue weighted by Crippen LogP contribution is 2.29. The molecule has 3 aromatic carbocycles. The van der Waals surface area contributed by atoms with Crippen molar-refractivity contribution in [2.24, 2.45) is 5.73 Å². The summed E-state index contributed by atoms with van der Waals surface area (Å²) in [4.78, 5) is 34.3. The minimum Gasteiger partial charge on any atom is -0.322 e. The number of hydrogen-bond acceptors (Lipinski definition) is 6. The molecule has 0 aliphatic carbocycles. The Kier molecular flexibility index (Phi) is 7.14. The largest absolute Gasteiger partial charge is 0.322 e. The summed E-state index contributed by atoms with van der Waals surface area (Å²) in [5.74, 6) is -0.577. The molecule has 0 heterocycles. The van der Waals surface area contributed by atoms with Crippen LogP contribution in [0.5, 0.6) is 0 Å². The Morgan fingerprint density at radius 3 is 2.41 bits per heavy atom. The van der Waals surface area contributed by atoms with Gasteiger partial charge in [0.2, 0.25) is 6.41 Å². The molecule has 164 valence electrons. The summed E-state index contributed by atoms with van der Waals surface area (Å²) in [5.41, 5.74) is 7.07. The van der Waals surface area contributed by atoms with Crippen molar-refractivity contribution < 1.29 is 14.5 Å². The summed E-state index contributed by atoms with van der Waals surface area (Å²) < 4.78 is 1.11. The second-order valence-electron chi connectivity index (χ2n) is 6.99. The number of nitro benzene ring substituents is 1. The number of nitrogens with two attached hydrogens (primary N) is 1. The number of nitrogens with zero attached hydrogens (tertiary/aromatic N) is 2. The van der Waals surface area contributed by atoms with Crippen molar-refractivity contribution in [3.8, 4) is 0 Å². The number of amides is 2. The summed E-state index contributed by atoms with van der Waals surface area (Å²) in [7, 11) is 0. The molecule has 0 bridgehead atoms. The van der Waals surface area contributed by atoms with Crippen molar-refractivity contribution in [3.63, 3.8) is 0 Å². The van der Waals surface area contributed by atoms with Gasteiger partial charge >= 0.3 is 0 Å². The van der Waals surface area contributed by atoms with Crippen LogP contribution in [0, 0.1) is 10.1 Å². The predicted molar refractivity (Wildman–Crippen MR) is 125 cm³/mol. The summed E-state index contributed by atoms with van der Waals surface area (Å²) in [6.07, 6.45) is 0.817. The third kappa shape index (κ3) is 5.08. The molecule has 0 fully saturated rings. The first-order valence-electron chi connectivity index (χ1n) is 9.37. The number of anilines is 1. The second-order valence-corrected chi connectivity index (χ2v) is 7.83. The average molecular weight is 471 g/mol. The van der Waals surface area contributed by atoms with E-state index in [0.29, 0.717) is 17.7 Å². The smallest absolute Gasteiger partial charge is 0.270 e. The fourth-order valence-corrected chi connectivity index (χ4v) is 3.54. The molecule has 3 rings (SSSR count). The van der Waals surface area contributed by atoms with Crippen molar-refractivity contribution in [2.45, 2.75) is 12.1 Å². The standard InChI is InChI=1S/C22H19ClN4O4S/c23-20-11-10-18(27(30)31)12-19(20)21(29)25-17-8-6-15(7-9-17)13-22(24,26(32)14-28)16-4-2-1-3-5-16/h1-12,14,32H,13,24H2,(H,25,29). The van der Waals surface area contributed by atoms with Crippen molar-refractivity contribution in [2.75, 3.05) is 5.32 Å². The van der Waals surface area contributed by atoms with Gasteiger partial charge in [0.1, 0.15) is 5.66 Å². The van der Waals surface area contributed by atoms with Gasteiger partial charge in [-0.15, -0.1) is 0 Å². The predicted octanol–water partition coefficient (Wildman–Crippen LogP) is 4.16. The van der Waals surface area contributed by atoms with Gasteiger partial charge in [0.05, 0.1) is 15.5 Å². The molecule has 8 nitrogen and oxygen atoms in total. The molecule has 0 spiro atoms. The minimum absolute atomic E-state index is 0.00769. The number of thiol groups is 1. The van der Waals surface area contributed by atoms with E-state index in [9.17, 15) is 19.7 Å². The molecule has 0 radical (unpaired) electrons. The Bertz CT molecular complexity index is 1140. The summed E-state index contributed by atoms with van der Waals surface area (Å²) >= 11 is 10.2. The lowest BCUT2D eigenvalue weighted by atomic mass is 9.92. The highest BCUT2D eigenvalue weighted by molar-refractivity contribution is 7.78. The molecule has 10 heteroatoms. The van der Waals surface area contributed by atoms with Gasteiger partial charge in [0, 0.05) is 24.2 Å². The average Bonchev–Trinajstić information content (AvgIpc) is 2.80. The fraction of sp³-hybridized carbons (Fsp3) is 0.0909. The first-order chi connectivity index (χ1) is 15.2. The quantitative estimate of drug-likeness (QED) is 0.150. The van der Waals surface area contributed by atoms with Crippen molar-refractivity contribution in [3.05, 3.63) is 105 Å². The Hall–Kier alpha value is -3.40. The number of benzene rings is 3. The molecule has 2 amide bonds. The van der Waals surface area contributed by atoms with E-state index in [1.54, 1.807) is 24.3 Å². The van der Waals surface area contributed by atoms with Gasteiger partial charge in [-0.05, 0) is 29.3 Å². The summed E-state index contributed by atoms with van der Waals surface area (Å²) in [6.45, 7) is 0. The SMILES string of the molecule is NC(Cc1ccc(NC(=O)c2cc([N+](=O)[O-])ccc2Cl)cc1)(c1ccccc1)N(S)C=O. The Morgan fingerprint density at radius 1 is 1.16 bits per heavy atom. The fourth-order valence-electron chi connectivity index (χ4n) is 3.15. The molecular formula is C22H19ClN4O4S. The van der Waals surface area contributed by atoms with Crippen LogP contribution >= 0.6 is 24.4 Å². The van der Waals surface area contributed by atoms with Crippen LogP contribution in [0.1, 0.15) is 21.5 Å². The van der Waals surface area contributed by atoms with E-state index >= 15 is 0 Å². The van der Waals surface area contributed by atoms with Crippen LogP contribution in [-0.4, -0.2) is 21.5 Å². The van der Waals surface area contributed by atoms with Crippen molar-refractivity contribution in [1.82, 2.24) is 4.31 Å². The minimum atomic E-state index is -1.19. The molecule has 32 heavy (non-hydrogen) atoms. The topological polar surface area (TPSA) is 119 Å². The van der Waals surface area contributed by atoms with Crippen molar-refractivity contribution in [1.29, 1.82) is 0 Å². The highest BCUT2D eigenvalue weighted by atomic mass is 35.5. The van der Waals surface area contributed by atoms with Gasteiger partial charge in [-0.25, -0.2) is 0 Å². The third-order valence-corrected chi connectivity index (χ3v) is 5.65. The zero-order valence-corrected chi connectivity index (χ0v) is 18.3. The number of hydrogen-bond donors (Lipinski definition) is 3. The first kappa shape index (κ1) is 23.3. The van der Waals surface area contributed by atoms with E-state index in [2.05, 4.69) is 18.1 Å². The van der Waals surface area contributed by atoms with E-state index < -0.39 is 16.5 Å². The molecule has 0 aromatic heterocycles. The number of nitrogens with one attached hydrogen (secondary N) is 1. The number of nitro groups is 1. The molecule has 3 N–H and O–H groups in total. The second kappa shape index (κ2) is 9.82. The van der Waals surface area contributed by atoms with E-state index in [1.807, 2.05) is 30.3 Å². The number of rotatable bonds is 8. The van der Waals surface area contributed by atoms with Crippen LogP contribution in [0.3, 0.4) is 0 Å². The Balaban J connectivity index is 1.79. The van der Waals surface area contributed by atoms with E-state index in [0.717, 1.165) is 15.9 Å². The van der Waals surface area contributed by atoms with Gasteiger partial charge < -0.3 is 11.1 Å². The van der Waals surface area contributed by atoms with Crippen LogP contribution < -0.4 is 11.1 Å². The molecular weight excluding hydrogens is 452 g/mol. The van der Waals surface area contributed by atoms with Crippen LogP contribution in [0.4, 0.5) is 11.4 Å². The zero-order chi connectivity index (χ0) is 23.3. The van der Waals surface area contributed by atoms with E-state index in [1.165, 1.54) is 12.1 Å². The van der Waals surface area contributed by atoms with Gasteiger partial charge in [0.15, 0.2) is 0 Å². The van der Waals surface area contributed by atoms with Crippen LogP contribution in [-0.2, 0) is 16.9 Å². The number of carbonyl (C=O) groups is 2. The number of carbonyl (C=O) groups excluding carboxylic acids is 2. The lowest BCUT2D eigenvalue weighted by Crippen LogP contribution is -2.50. The lowest BCUT2D eigenvalue weighted by Gasteiger charge is -2.35. The highest BCUT2D eigenvalue weighted by Gasteiger charge is 2.32. The summed E-state index contributed by atoms with van der Waals surface area (Å²) in [5, 5.41) is 13.7. The zero-order valence-electron chi connectivity index (χ0n) is 16.6. The molecule has 3 aromatic rings. The monoisotopic (exact) mass is 470 g/mol. The molecule has 0 aliphatic rings. The molecule has 0 saturated heterocycles. The maximum Gasteiger partial charge on any atom is 0.270 e. The number of non-ortho nitro benzene ring substituents is 1. The van der Waals surface area contributed by atoms with E-state index in [4.69, 9.17) is 17.3 Å². The third-order valence-electron chi connectivity index (χ3n) is 4.87. The Labute approximate surface area is 194 Å².